The summed E-state index contributed by atoms with van der Waals surface area (Å²) in [6.07, 6.45) is 0.0990. The van der Waals surface area contributed by atoms with Crippen LogP contribution in [0.1, 0.15) is 45.2 Å². The summed E-state index contributed by atoms with van der Waals surface area (Å²) in [5.41, 5.74) is 2.84. The molecule has 0 aromatic heterocycles. The van der Waals surface area contributed by atoms with Gasteiger partial charge in [0.2, 0.25) is 0 Å². The first-order valence-electron chi connectivity index (χ1n) is 9.46. The second kappa shape index (κ2) is 9.32. The number of benzene rings is 1. The Kier molecular flexibility index (Phi) is 7.35. The van der Waals surface area contributed by atoms with Crippen LogP contribution in [0.3, 0.4) is 0 Å². The number of ether oxygens (including phenoxy) is 2. The summed E-state index contributed by atoms with van der Waals surface area (Å²) in [4.78, 5) is 26.4. The van der Waals surface area contributed by atoms with Gasteiger partial charge in [-0.25, -0.2) is 9.59 Å². The number of rotatable bonds is 5. The molecule has 0 saturated carbocycles. The number of halogens is 1. The number of esters is 1. The van der Waals surface area contributed by atoms with Crippen LogP contribution in [-0.4, -0.2) is 42.3 Å². The third-order valence-corrected chi connectivity index (χ3v) is 4.55. The lowest BCUT2D eigenvalue weighted by Crippen LogP contribution is -2.43. The van der Waals surface area contributed by atoms with E-state index >= 15 is 0 Å². The predicted octanol–water partition coefficient (Wildman–Crippen LogP) is 4.20. The van der Waals surface area contributed by atoms with Gasteiger partial charge in [0.15, 0.2) is 0 Å². The van der Waals surface area contributed by atoms with Crippen molar-refractivity contribution < 1.29 is 19.1 Å². The molecule has 1 heterocycles. The molecule has 1 aliphatic rings. The lowest BCUT2D eigenvalue weighted by atomic mass is 10.0. The van der Waals surface area contributed by atoms with Gasteiger partial charge in [-0.3, -0.25) is 0 Å². The van der Waals surface area contributed by atoms with Crippen LogP contribution in [0, 0.1) is 6.92 Å². The van der Waals surface area contributed by atoms with Crippen molar-refractivity contribution in [3.05, 3.63) is 45.6 Å². The van der Waals surface area contributed by atoms with Crippen LogP contribution in [0.5, 0.6) is 0 Å². The average Bonchev–Trinajstić information content (AvgIpc) is 2.59. The Balaban J connectivity index is 2.17. The molecule has 6 nitrogen and oxygen atoms in total. The fourth-order valence-electron chi connectivity index (χ4n) is 2.91. The summed E-state index contributed by atoms with van der Waals surface area (Å²) in [5, 5.41) is 4.05. The molecule has 1 aromatic carbocycles. The van der Waals surface area contributed by atoms with Gasteiger partial charge < -0.3 is 19.7 Å². The number of hydrogen-bond acceptors (Lipinski definition) is 5. The summed E-state index contributed by atoms with van der Waals surface area (Å²) < 4.78 is 10.6. The Morgan fingerprint density at radius 2 is 2.00 bits per heavy atom. The Morgan fingerprint density at radius 3 is 2.61 bits per heavy atom. The minimum absolute atomic E-state index is 0.162. The molecule has 154 valence electrons. The highest BCUT2D eigenvalue weighted by molar-refractivity contribution is 6.30. The fourth-order valence-corrected chi connectivity index (χ4v) is 3.13. The number of nitrogens with one attached hydrogen (secondary N) is 1. The van der Waals surface area contributed by atoms with Gasteiger partial charge >= 0.3 is 12.1 Å². The van der Waals surface area contributed by atoms with Gasteiger partial charge in [0.1, 0.15) is 5.60 Å². The zero-order chi connectivity index (χ0) is 20.9. The normalized spacial score (nSPS) is 14.7. The summed E-state index contributed by atoms with van der Waals surface area (Å²) in [7, 11) is 0. The number of carbonyl (C=O) groups is 2. The standard InChI is InChI=1S/C21H29ClN2O4/c1-6-27-19(25)17-13-24(20(26)28-21(3,4)5)10-9-18(17)23-12-15-7-8-16(22)11-14(15)2/h7-8,11,23H,6,9-10,12-13H2,1-5H3. The van der Waals surface area contributed by atoms with Crippen molar-refractivity contribution in [1.82, 2.24) is 10.2 Å². The third kappa shape index (κ3) is 6.16. The van der Waals surface area contributed by atoms with Gasteiger partial charge in [-0.15, -0.1) is 0 Å². The van der Waals surface area contributed by atoms with Crippen molar-refractivity contribution in [2.75, 3.05) is 19.7 Å². The molecule has 28 heavy (non-hydrogen) atoms. The summed E-state index contributed by atoms with van der Waals surface area (Å²) in [6.45, 7) is 10.7. The third-order valence-electron chi connectivity index (χ3n) is 4.32. The Morgan fingerprint density at radius 1 is 1.29 bits per heavy atom. The van der Waals surface area contributed by atoms with E-state index in [2.05, 4.69) is 5.32 Å². The summed E-state index contributed by atoms with van der Waals surface area (Å²) in [5.74, 6) is -0.411. The van der Waals surface area contributed by atoms with Gasteiger partial charge in [-0.05, 0) is 57.9 Å². The number of carbonyl (C=O) groups excluding carboxylic acids is 2. The minimum Gasteiger partial charge on any atom is -0.463 e. The zero-order valence-electron chi connectivity index (χ0n) is 17.2. The van der Waals surface area contributed by atoms with E-state index in [1.54, 1.807) is 6.92 Å². The molecule has 1 aliphatic heterocycles. The fraction of sp³-hybridized carbons (Fsp3) is 0.524. The van der Waals surface area contributed by atoms with Crippen molar-refractivity contribution in [2.24, 2.45) is 0 Å². The molecule has 0 aliphatic carbocycles. The molecule has 0 unspecified atom stereocenters. The minimum atomic E-state index is -0.588. The van der Waals surface area contributed by atoms with E-state index in [9.17, 15) is 9.59 Å². The molecule has 7 heteroatoms. The molecular formula is C21H29ClN2O4. The highest BCUT2D eigenvalue weighted by Gasteiger charge is 2.30. The molecule has 2 rings (SSSR count). The number of hydrogen-bond donors (Lipinski definition) is 1. The molecule has 1 N–H and O–H groups in total. The van der Waals surface area contributed by atoms with Crippen LogP contribution in [0.2, 0.25) is 5.02 Å². The average molecular weight is 409 g/mol. The monoisotopic (exact) mass is 408 g/mol. The highest BCUT2D eigenvalue weighted by Crippen LogP contribution is 2.21. The van der Waals surface area contributed by atoms with Crippen molar-refractivity contribution >= 4 is 23.7 Å². The van der Waals surface area contributed by atoms with E-state index in [-0.39, 0.29) is 13.2 Å². The maximum absolute atomic E-state index is 12.5. The van der Waals surface area contributed by atoms with Crippen LogP contribution in [-0.2, 0) is 20.8 Å². The second-order valence-electron chi connectivity index (χ2n) is 7.75. The van der Waals surface area contributed by atoms with Crippen LogP contribution < -0.4 is 5.32 Å². The first kappa shape index (κ1) is 22.1. The number of nitrogens with zero attached hydrogens (tertiary/aromatic N) is 1. The molecule has 0 saturated heterocycles. The topological polar surface area (TPSA) is 67.9 Å². The molecule has 0 bridgehead atoms. The molecule has 1 amide bonds. The van der Waals surface area contributed by atoms with Crippen molar-refractivity contribution in [3.8, 4) is 0 Å². The number of aryl methyl sites for hydroxylation is 1. The first-order chi connectivity index (χ1) is 13.1. The van der Waals surface area contributed by atoms with Gasteiger partial charge in [0, 0.05) is 30.2 Å². The predicted molar refractivity (Wildman–Crippen MR) is 109 cm³/mol. The van der Waals surface area contributed by atoms with Gasteiger partial charge in [-0.2, -0.15) is 0 Å². The lowest BCUT2D eigenvalue weighted by Gasteiger charge is -2.32. The Bertz CT molecular complexity index is 768. The van der Waals surface area contributed by atoms with Crippen LogP contribution >= 0.6 is 11.6 Å². The van der Waals surface area contributed by atoms with Gasteiger partial charge in [0.05, 0.1) is 18.7 Å². The van der Waals surface area contributed by atoms with E-state index in [1.165, 1.54) is 4.90 Å². The first-order valence-corrected chi connectivity index (χ1v) is 9.84. The van der Waals surface area contributed by atoms with E-state index in [0.717, 1.165) is 16.8 Å². The lowest BCUT2D eigenvalue weighted by molar-refractivity contribution is -0.139. The van der Waals surface area contributed by atoms with Gasteiger partial charge in [0.25, 0.3) is 0 Å². The second-order valence-corrected chi connectivity index (χ2v) is 8.19. The van der Waals surface area contributed by atoms with E-state index in [1.807, 2.05) is 45.9 Å². The van der Waals surface area contributed by atoms with Crippen LogP contribution in [0.4, 0.5) is 4.79 Å². The molecule has 0 spiro atoms. The van der Waals surface area contributed by atoms with E-state index < -0.39 is 17.7 Å². The number of amides is 1. The highest BCUT2D eigenvalue weighted by atomic mass is 35.5. The molecule has 0 fully saturated rings. The Labute approximate surface area is 171 Å². The van der Waals surface area contributed by atoms with Crippen molar-refractivity contribution in [1.29, 1.82) is 0 Å². The quantitative estimate of drug-likeness (QED) is 0.739. The SMILES string of the molecule is CCOC(=O)C1=C(NCc2ccc(Cl)cc2C)CCN(C(=O)OC(C)(C)C)C1. The summed E-state index contributed by atoms with van der Waals surface area (Å²) in [6, 6.07) is 5.72. The summed E-state index contributed by atoms with van der Waals surface area (Å²) >= 11 is 6.02. The van der Waals surface area contributed by atoms with E-state index in [4.69, 9.17) is 21.1 Å². The molecule has 0 radical (unpaired) electrons. The molecule has 0 atom stereocenters. The molecular weight excluding hydrogens is 380 g/mol. The van der Waals surface area contributed by atoms with Crippen molar-refractivity contribution in [2.45, 2.75) is 53.2 Å². The van der Waals surface area contributed by atoms with Gasteiger partial charge in [-0.1, -0.05) is 17.7 Å². The van der Waals surface area contributed by atoms with Crippen LogP contribution in [0.25, 0.3) is 0 Å². The smallest absolute Gasteiger partial charge is 0.410 e. The Hall–Kier alpha value is -2.21. The zero-order valence-corrected chi connectivity index (χ0v) is 18.0. The van der Waals surface area contributed by atoms with Crippen molar-refractivity contribution in [3.63, 3.8) is 0 Å². The van der Waals surface area contributed by atoms with Crippen LogP contribution in [0.15, 0.2) is 29.5 Å². The molecule has 1 aromatic rings. The van der Waals surface area contributed by atoms with E-state index in [0.29, 0.717) is 30.1 Å². The maximum Gasteiger partial charge on any atom is 0.410 e. The maximum atomic E-state index is 12.5. The largest absolute Gasteiger partial charge is 0.463 e.